The third kappa shape index (κ3) is 6.39. The zero-order valence-corrected chi connectivity index (χ0v) is 16.8. The summed E-state index contributed by atoms with van der Waals surface area (Å²) < 4.78 is 11.0. The Bertz CT molecular complexity index is 707. The van der Waals surface area contributed by atoms with Gasteiger partial charge in [0.25, 0.3) is 0 Å². The molecule has 0 aliphatic rings. The van der Waals surface area contributed by atoms with E-state index < -0.39 is 5.97 Å². The van der Waals surface area contributed by atoms with Crippen LogP contribution >= 0.6 is 34.8 Å². The average Bonchev–Trinajstić information content (AvgIpc) is 2.61. The van der Waals surface area contributed by atoms with Gasteiger partial charge in [0.15, 0.2) is 5.75 Å². The second-order valence-corrected chi connectivity index (χ2v) is 7.13. The van der Waals surface area contributed by atoms with E-state index in [0.717, 1.165) is 12.8 Å². The molecule has 0 atom stereocenters. The molecule has 0 aromatic heterocycles. The first kappa shape index (κ1) is 20.9. The lowest BCUT2D eigenvalue weighted by molar-refractivity contribution is 0.0734. The summed E-state index contributed by atoms with van der Waals surface area (Å²) in [6.07, 6.45) is 5.66. The molecule has 0 saturated heterocycles. The molecular weight excluding hydrogens is 395 g/mol. The molecule has 0 aliphatic heterocycles. The fraction of sp³-hybridized carbons (Fsp3) is 0.350. The lowest BCUT2D eigenvalue weighted by atomic mass is 10.2. The first-order valence-electron chi connectivity index (χ1n) is 8.61. The third-order valence-corrected chi connectivity index (χ3v) is 4.57. The van der Waals surface area contributed by atoms with E-state index in [1.54, 1.807) is 24.3 Å². The highest BCUT2D eigenvalue weighted by molar-refractivity contribution is 6.37. The van der Waals surface area contributed by atoms with Crippen LogP contribution in [0.2, 0.25) is 15.1 Å². The molecule has 2 aromatic carbocycles. The van der Waals surface area contributed by atoms with Crippen LogP contribution in [0.1, 0.15) is 49.4 Å². The largest absolute Gasteiger partial charge is 0.490 e. The summed E-state index contributed by atoms with van der Waals surface area (Å²) in [7, 11) is 0. The van der Waals surface area contributed by atoms with Crippen LogP contribution in [0.15, 0.2) is 36.4 Å². The fourth-order valence-electron chi connectivity index (χ4n) is 2.36. The summed E-state index contributed by atoms with van der Waals surface area (Å²) in [4.78, 5) is 12.3. The molecule has 6 heteroatoms. The summed E-state index contributed by atoms with van der Waals surface area (Å²) in [6, 6.07) is 9.50. The average molecular weight is 416 g/mol. The van der Waals surface area contributed by atoms with E-state index in [4.69, 9.17) is 44.3 Å². The Kier molecular flexibility index (Phi) is 8.56. The van der Waals surface area contributed by atoms with Gasteiger partial charge in [0.2, 0.25) is 0 Å². The first-order chi connectivity index (χ1) is 12.5. The van der Waals surface area contributed by atoms with Crippen LogP contribution in [0.25, 0.3) is 0 Å². The van der Waals surface area contributed by atoms with E-state index in [-0.39, 0.29) is 15.6 Å². The third-order valence-electron chi connectivity index (χ3n) is 3.75. The van der Waals surface area contributed by atoms with Crippen molar-refractivity contribution in [1.82, 2.24) is 0 Å². The highest BCUT2D eigenvalue weighted by Gasteiger charge is 2.16. The predicted octanol–water partition coefficient (Wildman–Crippen LogP) is 7.22. The Balaban J connectivity index is 1.96. The van der Waals surface area contributed by atoms with Crippen LogP contribution < -0.4 is 9.47 Å². The zero-order valence-electron chi connectivity index (χ0n) is 14.6. The van der Waals surface area contributed by atoms with Gasteiger partial charge < -0.3 is 9.47 Å². The van der Waals surface area contributed by atoms with E-state index in [0.29, 0.717) is 23.1 Å². The number of halogens is 3. The van der Waals surface area contributed by atoms with Crippen LogP contribution in [0.3, 0.4) is 0 Å². The van der Waals surface area contributed by atoms with E-state index >= 15 is 0 Å². The summed E-state index contributed by atoms with van der Waals surface area (Å²) in [5, 5.41) is 1.13. The Morgan fingerprint density at radius 1 is 0.923 bits per heavy atom. The number of ether oxygens (including phenoxy) is 2. The molecule has 140 valence electrons. The molecule has 0 aliphatic carbocycles. The monoisotopic (exact) mass is 414 g/mol. The maximum atomic E-state index is 12.3. The van der Waals surface area contributed by atoms with Gasteiger partial charge in [-0.1, -0.05) is 67.4 Å². The number of rotatable bonds is 9. The Hall–Kier alpha value is -1.42. The molecule has 0 fully saturated rings. The quantitative estimate of drug-likeness (QED) is 0.246. The Labute approximate surface area is 169 Å². The molecular formula is C20H21Cl3O3. The van der Waals surface area contributed by atoms with Crippen molar-refractivity contribution in [2.45, 2.75) is 39.0 Å². The maximum absolute atomic E-state index is 12.3. The zero-order chi connectivity index (χ0) is 18.9. The molecule has 0 bridgehead atoms. The first-order valence-corrected chi connectivity index (χ1v) is 9.74. The van der Waals surface area contributed by atoms with Gasteiger partial charge >= 0.3 is 5.97 Å². The van der Waals surface area contributed by atoms with Crippen molar-refractivity contribution in [3.8, 4) is 11.5 Å². The Morgan fingerprint density at radius 3 is 2.15 bits per heavy atom. The minimum atomic E-state index is -0.553. The lowest BCUT2D eigenvalue weighted by Gasteiger charge is -2.12. The maximum Gasteiger partial charge on any atom is 0.343 e. The molecule has 26 heavy (non-hydrogen) atoms. The smallest absolute Gasteiger partial charge is 0.343 e. The number of esters is 1. The molecule has 0 amide bonds. The molecule has 2 aromatic rings. The van der Waals surface area contributed by atoms with Crippen LogP contribution in [-0.2, 0) is 0 Å². The van der Waals surface area contributed by atoms with Crippen molar-refractivity contribution in [3.63, 3.8) is 0 Å². The van der Waals surface area contributed by atoms with Crippen molar-refractivity contribution >= 4 is 40.8 Å². The number of unbranched alkanes of at least 4 members (excludes halogenated alkanes) is 4. The molecule has 2 rings (SSSR count). The van der Waals surface area contributed by atoms with Gasteiger partial charge in [0.1, 0.15) is 5.75 Å². The van der Waals surface area contributed by atoms with Gasteiger partial charge in [-0.25, -0.2) is 4.79 Å². The molecule has 3 nitrogen and oxygen atoms in total. The van der Waals surface area contributed by atoms with Gasteiger partial charge in [-0.2, -0.15) is 0 Å². The number of carbonyl (C=O) groups excluding carboxylic acids is 1. The van der Waals surface area contributed by atoms with Crippen LogP contribution in [0.5, 0.6) is 11.5 Å². The van der Waals surface area contributed by atoms with Gasteiger partial charge in [0.05, 0.1) is 22.2 Å². The van der Waals surface area contributed by atoms with E-state index in [1.807, 2.05) is 0 Å². The van der Waals surface area contributed by atoms with Gasteiger partial charge in [-0.05, 0) is 42.8 Å². The number of hydrogen-bond acceptors (Lipinski definition) is 3. The summed E-state index contributed by atoms with van der Waals surface area (Å²) in [5.74, 6) is 0.230. The number of hydrogen-bond donors (Lipinski definition) is 0. The van der Waals surface area contributed by atoms with Crippen LogP contribution in [-0.4, -0.2) is 12.6 Å². The second-order valence-electron chi connectivity index (χ2n) is 5.88. The molecule has 0 radical (unpaired) electrons. The lowest BCUT2D eigenvalue weighted by Crippen LogP contribution is -2.09. The highest BCUT2D eigenvalue weighted by atomic mass is 35.5. The van der Waals surface area contributed by atoms with Crippen molar-refractivity contribution in [2.75, 3.05) is 6.61 Å². The van der Waals surface area contributed by atoms with Crippen molar-refractivity contribution in [1.29, 1.82) is 0 Å². The summed E-state index contributed by atoms with van der Waals surface area (Å²) in [5.41, 5.74) is 0.255. The van der Waals surface area contributed by atoms with Crippen LogP contribution in [0, 0.1) is 0 Å². The predicted molar refractivity (Wildman–Crippen MR) is 107 cm³/mol. The van der Waals surface area contributed by atoms with Crippen molar-refractivity contribution in [3.05, 3.63) is 57.0 Å². The SMILES string of the molecule is CCCCCCCOc1c(Cl)cc(C(=O)Oc2ccc(Cl)cc2)cc1Cl. The fourth-order valence-corrected chi connectivity index (χ4v) is 3.09. The Morgan fingerprint density at radius 2 is 1.54 bits per heavy atom. The summed E-state index contributed by atoms with van der Waals surface area (Å²) in [6.45, 7) is 2.72. The topological polar surface area (TPSA) is 35.5 Å². The van der Waals surface area contributed by atoms with E-state index in [2.05, 4.69) is 6.92 Å². The van der Waals surface area contributed by atoms with Crippen molar-refractivity contribution in [2.24, 2.45) is 0 Å². The minimum absolute atomic E-state index is 0.255. The van der Waals surface area contributed by atoms with Crippen molar-refractivity contribution < 1.29 is 14.3 Å². The molecule has 0 spiro atoms. The normalized spacial score (nSPS) is 10.6. The molecule has 0 unspecified atom stereocenters. The second kappa shape index (κ2) is 10.7. The molecule has 0 N–H and O–H groups in total. The van der Waals surface area contributed by atoms with Gasteiger partial charge in [-0.3, -0.25) is 0 Å². The molecule has 0 saturated carbocycles. The summed E-state index contributed by atoms with van der Waals surface area (Å²) >= 11 is 18.3. The highest BCUT2D eigenvalue weighted by Crippen LogP contribution is 2.34. The van der Waals surface area contributed by atoms with Gasteiger partial charge in [-0.15, -0.1) is 0 Å². The minimum Gasteiger partial charge on any atom is -0.490 e. The molecule has 0 heterocycles. The van der Waals surface area contributed by atoms with Crippen LogP contribution in [0.4, 0.5) is 0 Å². The standard InChI is InChI=1S/C20H21Cl3O3/c1-2-3-4-5-6-11-25-19-17(22)12-14(13-18(19)23)20(24)26-16-9-7-15(21)8-10-16/h7-10,12-13H,2-6,11H2,1H3. The van der Waals surface area contributed by atoms with E-state index in [1.165, 1.54) is 31.4 Å². The number of carbonyl (C=O) groups is 1. The van der Waals surface area contributed by atoms with Gasteiger partial charge in [0, 0.05) is 5.02 Å². The number of benzene rings is 2. The van der Waals surface area contributed by atoms with E-state index in [9.17, 15) is 4.79 Å².